The number of hydrogen-bond donors (Lipinski definition) is 1. The van der Waals surface area contributed by atoms with E-state index in [-0.39, 0.29) is 18.0 Å². The predicted molar refractivity (Wildman–Crippen MR) is 89.9 cm³/mol. The van der Waals surface area contributed by atoms with E-state index < -0.39 is 0 Å². The zero-order chi connectivity index (χ0) is 16.1. The maximum Gasteiger partial charge on any atom is 0.240 e. The van der Waals surface area contributed by atoms with Crippen molar-refractivity contribution in [2.45, 2.75) is 39.3 Å². The Morgan fingerprint density at radius 2 is 2.09 bits per heavy atom. The number of carbonyl (C=O) groups is 1. The normalized spacial score (nSPS) is 19.1. The topological polar surface area (TPSA) is 41.6 Å². The molecule has 1 aliphatic heterocycles. The molecule has 0 bridgehead atoms. The van der Waals surface area contributed by atoms with Gasteiger partial charge in [-0.1, -0.05) is 23.8 Å². The predicted octanol–water partition coefficient (Wildman–Crippen LogP) is 2.70. The number of carbonyl (C=O) groups excluding carboxylic acids is 1. The molecule has 22 heavy (non-hydrogen) atoms. The van der Waals surface area contributed by atoms with Crippen LogP contribution in [-0.4, -0.2) is 43.1 Å². The summed E-state index contributed by atoms with van der Waals surface area (Å²) >= 11 is 0. The first-order chi connectivity index (χ1) is 10.5. The van der Waals surface area contributed by atoms with Crippen molar-refractivity contribution in [3.8, 4) is 5.75 Å². The van der Waals surface area contributed by atoms with Gasteiger partial charge in [-0.15, -0.1) is 0 Å². The second kappa shape index (κ2) is 7.45. The molecule has 0 saturated carbocycles. The van der Waals surface area contributed by atoms with Crippen LogP contribution in [0.25, 0.3) is 6.08 Å². The molecule has 1 heterocycles. The molecular weight excluding hydrogens is 276 g/mol. The highest BCUT2D eigenvalue weighted by atomic mass is 16.5. The Balaban J connectivity index is 1.88. The van der Waals surface area contributed by atoms with Gasteiger partial charge >= 0.3 is 0 Å². The summed E-state index contributed by atoms with van der Waals surface area (Å²) in [6.07, 6.45) is 3.03. The molecule has 1 unspecified atom stereocenters. The lowest BCUT2D eigenvalue weighted by Crippen LogP contribution is -2.41. The summed E-state index contributed by atoms with van der Waals surface area (Å²) in [4.78, 5) is 14.2. The Labute approximate surface area is 133 Å². The second-order valence-electron chi connectivity index (χ2n) is 6.11. The van der Waals surface area contributed by atoms with E-state index in [1.54, 1.807) is 7.11 Å². The lowest BCUT2D eigenvalue weighted by Gasteiger charge is -2.21. The van der Waals surface area contributed by atoms with Gasteiger partial charge in [-0.05, 0) is 44.9 Å². The molecule has 0 aliphatic carbocycles. The number of hydrogen-bond acceptors (Lipinski definition) is 3. The highest BCUT2D eigenvalue weighted by Gasteiger charge is 2.32. The first kappa shape index (κ1) is 16.6. The highest BCUT2D eigenvalue weighted by Crippen LogP contribution is 2.16. The molecule has 1 atom stereocenters. The Morgan fingerprint density at radius 3 is 2.64 bits per heavy atom. The van der Waals surface area contributed by atoms with Gasteiger partial charge in [-0.25, -0.2) is 0 Å². The Hall–Kier alpha value is -1.81. The van der Waals surface area contributed by atoms with Crippen LogP contribution in [0.3, 0.4) is 0 Å². The number of nitrogens with zero attached hydrogens (tertiary/aromatic N) is 1. The number of benzene rings is 1. The lowest BCUT2D eigenvalue weighted by molar-refractivity contribution is -0.130. The van der Waals surface area contributed by atoms with Crippen molar-refractivity contribution in [2.75, 3.05) is 20.2 Å². The third-order valence-corrected chi connectivity index (χ3v) is 4.02. The van der Waals surface area contributed by atoms with Crippen molar-refractivity contribution < 1.29 is 9.53 Å². The summed E-state index contributed by atoms with van der Waals surface area (Å²) in [5.41, 5.74) is 2.35. The van der Waals surface area contributed by atoms with Crippen LogP contribution in [-0.2, 0) is 4.79 Å². The van der Waals surface area contributed by atoms with Gasteiger partial charge in [0.1, 0.15) is 5.75 Å². The summed E-state index contributed by atoms with van der Waals surface area (Å²) in [7, 11) is 1.67. The number of methoxy groups -OCH3 is 1. The third kappa shape index (κ3) is 4.10. The molecule has 4 heteroatoms. The molecule has 0 radical (unpaired) electrons. The van der Waals surface area contributed by atoms with E-state index in [0.29, 0.717) is 0 Å². The van der Waals surface area contributed by atoms with Crippen LogP contribution < -0.4 is 10.1 Å². The average Bonchev–Trinajstić information content (AvgIpc) is 2.87. The van der Waals surface area contributed by atoms with Crippen LogP contribution in [0.4, 0.5) is 0 Å². The Bertz CT molecular complexity index is 535. The first-order valence-corrected chi connectivity index (χ1v) is 7.86. The van der Waals surface area contributed by atoms with Crippen LogP contribution in [0.15, 0.2) is 29.8 Å². The van der Waals surface area contributed by atoms with Crippen molar-refractivity contribution >= 4 is 12.0 Å². The molecule has 1 aliphatic rings. The molecule has 2 rings (SSSR count). The fourth-order valence-corrected chi connectivity index (χ4v) is 2.72. The number of likely N-dealkylation sites (tertiary alicyclic amines) is 1. The fraction of sp³-hybridized carbons (Fsp3) is 0.500. The van der Waals surface area contributed by atoms with E-state index in [9.17, 15) is 4.79 Å². The molecule has 120 valence electrons. The molecule has 0 aromatic heterocycles. The lowest BCUT2D eigenvalue weighted by atomic mass is 10.1. The standard InChI is InChI=1S/C18H26N2O2/c1-13(2)20-10-9-17(18(20)21)19-12-14(3)11-15-5-7-16(22-4)8-6-15/h5-8,11,13,17,19H,9-10,12H2,1-4H3/b14-11-. The van der Waals surface area contributed by atoms with E-state index in [1.165, 1.54) is 5.57 Å². The second-order valence-corrected chi connectivity index (χ2v) is 6.11. The van der Waals surface area contributed by atoms with Crippen molar-refractivity contribution in [1.82, 2.24) is 10.2 Å². The van der Waals surface area contributed by atoms with Gasteiger partial charge in [0.05, 0.1) is 13.2 Å². The highest BCUT2D eigenvalue weighted by molar-refractivity contribution is 5.84. The number of rotatable bonds is 6. The van der Waals surface area contributed by atoms with E-state index in [1.807, 2.05) is 29.2 Å². The zero-order valence-corrected chi connectivity index (χ0v) is 13.9. The van der Waals surface area contributed by atoms with Crippen molar-refractivity contribution in [1.29, 1.82) is 0 Å². The largest absolute Gasteiger partial charge is 0.497 e. The quantitative estimate of drug-likeness (QED) is 0.878. The molecule has 1 fully saturated rings. The van der Waals surface area contributed by atoms with Crippen LogP contribution in [0.5, 0.6) is 5.75 Å². The van der Waals surface area contributed by atoms with E-state index in [4.69, 9.17) is 4.74 Å². The van der Waals surface area contributed by atoms with E-state index in [2.05, 4.69) is 32.2 Å². The minimum Gasteiger partial charge on any atom is -0.497 e. The maximum atomic E-state index is 12.2. The van der Waals surface area contributed by atoms with Gasteiger partial charge in [0, 0.05) is 19.1 Å². The summed E-state index contributed by atoms with van der Waals surface area (Å²) in [5, 5.41) is 3.37. The molecule has 1 aromatic carbocycles. The van der Waals surface area contributed by atoms with Gasteiger partial charge in [0.2, 0.25) is 5.91 Å². The van der Waals surface area contributed by atoms with Crippen molar-refractivity contribution in [3.63, 3.8) is 0 Å². The van der Waals surface area contributed by atoms with Gasteiger partial charge in [0.15, 0.2) is 0 Å². The van der Waals surface area contributed by atoms with Crippen molar-refractivity contribution in [3.05, 3.63) is 35.4 Å². The zero-order valence-electron chi connectivity index (χ0n) is 13.9. The van der Waals surface area contributed by atoms with Crippen LogP contribution in [0.2, 0.25) is 0 Å². The van der Waals surface area contributed by atoms with E-state index >= 15 is 0 Å². The number of amides is 1. The average molecular weight is 302 g/mol. The summed E-state index contributed by atoms with van der Waals surface area (Å²) < 4.78 is 5.16. The SMILES string of the molecule is COc1ccc(/C=C(/C)CNC2CCN(C(C)C)C2=O)cc1. The molecule has 1 N–H and O–H groups in total. The molecule has 1 aromatic rings. The molecule has 1 amide bonds. The Morgan fingerprint density at radius 1 is 1.41 bits per heavy atom. The minimum atomic E-state index is -0.0402. The summed E-state index contributed by atoms with van der Waals surface area (Å²) in [6.45, 7) is 7.80. The third-order valence-electron chi connectivity index (χ3n) is 4.02. The molecule has 1 saturated heterocycles. The van der Waals surface area contributed by atoms with E-state index in [0.717, 1.165) is 30.8 Å². The monoisotopic (exact) mass is 302 g/mol. The van der Waals surface area contributed by atoms with Crippen LogP contribution >= 0.6 is 0 Å². The van der Waals surface area contributed by atoms with Gasteiger partial charge in [-0.3, -0.25) is 4.79 Å². The number of ether oxygens (including phenoxy) is 1. The van der Waals surface area contributed by atoms with Crippen LogP contribution in [0.1, 0.15) is 32.8 Å². The fourth-order valence-electron chi connectivity index (χ4n) is 2.72. The first-order valence-electron chi connectivity index (χ1n) is 7.86. The molecule has 0 spiro atoms. The maximum absolute atomic E-state index is 12.2. The van der Waals surface area contributed by atoms with Crippen LogP contribution in [0, 0.1) is 0 Å². The smallest absolute Gasteiger partial charge is 0.240 e. The molecule has 4 nitrogen and oxygen atoms in total. The summed E-state index contributed by atoms with van der Waals surface area (Å²) in [5.74, 6) is 1.09. The number of nitrogens with one attached hydrogen (secondary N) is 1. The van der Waals surface area contributed by atoms with Gasteiger partial charge < -0.3 is 15.0 Å². The summed E-state index contributed by atoms with van der Waals surface area (Å²) in [6, 6.07) is 8.21. The van der Waals surface area contributed by atoms with Gasteiger partial charge in [0.25, 0.3) is 0 Å². The Kier molecular flexibility index (Phi) is 5.61. The van der Waals surface area contributed by atoms with Gasteiger partial charge in [-0.2, -0.15) is 0 Å². The minimum absolute atomic E-state index is 0.0402. The van der Waals surface area contributed by atoms with Crippen molar-refractivity contribution in [2.24, 2.45) is 0 Å². The molecular formula is C18H26N2O2.